The quantitative estimate of drug-likeness (QED) is 0.600. The van der Waals surface area contributed by atoms with E-state index in [0.717, 1.165) is 32.6 Å². The average Bonchev–Trinajstić information content (AvgIpc) is 2.78. The Morgan fingerprint density at radius 2 is 1.69 bits per heavy atom. The third-order valence-electron chi connectivity index (χ3n) is 7.06. The smallest absolute Gasteiger partial charge is 0.0572 e. The SMILES string of the molecule is C1=CC2c3ccccc3CC3(COCCCCCCNc4ccc3cc4)C2C=C1. The molecule has 2 aromatic carbocycles. The van der Waals surface area contributed by atoms with Crippen molar-refractivity contribution in [2.45, 2.75) is 43.4 Å². The van der Waals surface area contributed by atoms with Crippen LogP contribution in [-0.2, 0) is 16.6 Å². The van der Waals surface area contributed by atoms with Gasteiger partial charge in [-0.25, -0.2) is 0 Å². The van der Waals surface area contributed by atoms with Crippen molar-refractivity contribution in [2.24, 2.45) is 5.92 Å². The normalized spacial score (nSPS) is 29.0. The highest BCUT2D eigenvalue weighted by atomic mass is 16.5. The Kier molecular flexibility index (Phi) is 5.28. The number of hydrogen-bond donors (Lipinski definition) is 1. The first-order chi connectivity index (χ1) is 14.4. The summed E-state index contributed by atoms with van der Waals surface area (Å²) in [5.41, 5.74) is 5.57. The van der Waals surface area contributed by atoms with Crippen molar-refractivity contribution >= 4 is 5.69 Å². The number of benzene rings is 2. The first kappa shape index (κ1) is 18.7. The van der Waals surface area contributed by atoms with Crippen LogP contribution in [0.1, 0.15) is 48.3 Å². The molecule has 0 radical (unpaired) electrons. The van der Waals surface area contributed by atoms with Crippen LogP contribution in [0.3, 0.4) is 0 Å². The Bertz CT molecular complexity index is 897. The summed E-state index contributed by atoms with van der Waals surface area (Å²) >= 11 is 0. The molecule has 0 aromatic heterocycles. The fourth-order valence-electron chi connectivity index (χ4n) is 5.53. The predicted molar refractivity (Wildman–Crippen MR) is 121 cm³/mol. The van der Waals surface area contributed by atoms with Gasteiger partial charge < -0.3 is 10.1 Å². The molecule has 2 bridgehead atoms. The molecule has 3 unspecified atom stereocenters. The van der Waals surface area contributed by atoms with Gasteiger partial charge in [0.25, 0.3) is 0 Å². The van der Waals surface area contributed by atoms with E-state index in [-0.39, 0.29) is 5.41 Å². The molecule has 0 saturated carbocycles. The van der Waals surface area contributed by atoms with Crippen LogP contribution in [0.5, 0.6) is 0 Å². The van der Waals surface area contributed by atoms with Crippen molar-refractivity contribution in [1.29, 1.82) is 0 Å². The van der Waals surface area contributed by atoms with E-state index in [2.05, 4.69) is 78.2 Å². The molecule has 2 aromatic rings. The number of nitrogens with one attached hydrogen (secondary N) is 1. The molecular weight excluding hydrogens is 354 g/mol. The topological polar surface area (TPSA) is 21.3 Å². The van der Waals surface area contributed by atoms with E-state index in [4.69, 9.17) is 4.74 Å². The molecule has 2 nitrogen and oxygen atoms in total. The minimum atomic E-state index is -0.0249. The van der Waals surface area contributed by atoms with Gasteiger partial charge in [0, 0.05) is 30.2 Å². The molecule has 29 heavy (non-hydrogen) atoms. The molecule has 2 heterocycles. The van der Waals surface area contributed by atoms with Gasteiger partial charge in [-0.05, 0) is 54.0 Å². The zero-order valence-corrected chi connectivity index (χ0v) is 17.1. The van der Waals surface area contributed by atoms with Crippen molar-refractivity contribution < 1.29 is 4.74 Å². The lowest BCUT2D eigenvalue weighted by Gasteiger charge is -2.48. The third-order valence-corrected chi connectivity index (χ3v) is 7.06. The second kappa shape index (κ2) is 8.20. The van der Waals surface area contributed by atoms with Gasteiger partial charge in [-0.2, -0.15) is 0 Å². The largest absolute Gasteiger partial charge is 0.385 e. The second-order valence-electron chi connectivity index (χ2n) is 8.82. The monoisotopic (exact) mass is 385 g/mol. The van der Waals surface area contributed by atoms with Crippen molar-refractivity contribution in [3.05, 3.63) is 89.5 Å². The first-order valence-electron chi connectivity index (χ1n) is 11.2. The van der Waals surface area contributed by atoms with Crippen LogP contribution in [0.4, 0.5) is 5.69 Å². The van der Waals surface area contributed by atoms with Crippen molar-refractivity contribution in [3.63, 3.8) is 0 Å². The zero-order valence-electron chi connectivity index (χ0n) is 17.1. The van der Waals surface area contributed by atoms with Crippen LogP contribution in [0, 0.1) is 5.92 Å². The van der Waals surface area contributed by atoms with Crippen LogP contribution < -0.4 is 5.32 Å². The second-order valence-corrected chi connectivity index (χ2v) is 8.82. The molecule has 2 aliphatic heterocycles. The third kappa shape index (κ3) is 3.55. The van der Waals surface area contributed by atoms with E-state index in [9.17, 15) is 0 Å². The van der Waals surface area contributed by atoms with E-state index >= 15 is 0 Å². The predicted octanol–water partition coefficient (Wildman–Crippen LogP) is 6.01. The van der Waals surface area contributed by atoms with Gasteiger partial charge in [0.2, 0.25) is 0 Å². The summed E-state index contributed by atoms with van der Waals surface area (Å²) < 4.78 is 6.42. The Hall–Kier alpha value is -2.32. The molecule has 6 rings (SSSR count). The standard InChI is InChI=1S/C27H31NO/c1-2-8-18-29-20-27(22-13-15-23(16-14-22)28-17-7-1)19-21-9-3-4-10-24(21)25-11-5-6-12-26(25)27/h3-6,9-16,25-26,28H,1-2,7-8,17-20H2. The average molecular weight is 386 g/mol. The minimum absolute atomic E-state index is 0.0249. The molecule has 4 aliphatic rings. The Morgan fingerprint density at radius 3 is 2.62 bits per heavy atom. The van der Waals surface area contributed by atoms with Crippen LogP contribution >= 0.6 is 0 Å². The van der Waals surface area contributed by atoms with Gasteiger partial charge in [0.05, 0.1) is 6.61 Å². The number of rotatable bonds is 0. The molecule has 2 aliphatic carbocycles. The number of fused-ring (bicyclic) bond motifs is 13. The maximum atomic E-state index is 6.42. The van der Waals surface area contributed by atoms with E-state index in [1.165, 1.54) is 41.6 Å². The molecule has 0 fully saturated rings. The number of anilines is 1. The van der Waals surface area contributed by atoms with Crippen LogP contribution in [-0.4, -0.2) is 19.8 Å². The minimum Gasteiger partial charge on any atom is -0.385 e. The fraction of sp³-hybridized carbons (Fsp3) is 0.407. The van der Waals surface area contributed by atoms with Gasteiger partial charge >= 0.3 is 0 Å². The van der Waals surface area contributed by atoms with Crippen molar-refractivity contribution in [2.75, 3.05) is 25.1 Å². The summed E-state index contributed by atoms with van der Waals surface area (Å²) in [4.78, 5) is 0. The summed E-state index contributed by atoms with van der Waals surface area (Å²) in [6.45, 7) is 2.70. The summed E-state index contributed by atoms with van der Waals surface area (Å²) in [6, 6.07) is 18.2. The molecule has 2 heteroatoms. The van der Waals surface area contributed by atoms with Gasteiger partial charge in [-0.1, -0.05) is 73.5 Å². The van der Waals surface area contributed by atoms with Gasteiger partial charge in [-0.15, -0.1) is 0 Å². The van der Waals surface area contributed by atoms with E-state index in [0.29, 0.717) is 11.8 Å². The lowest BCUT2D eigenvalue weighted by Crippen LogP contribution is -2.47. The molecular formula is C27H31NO. The van der Waals surface area contributed by atoms with Gasteiger partial charge in [0.1, 0.15) is 0 Å². The molecule has 0 saturated heterocycles. The van der Waals surface area contributed by atoms with Crippen molar-refractivity contribution in [1.82, 2.24) is 0 Å². The highest BCUT2D eigenvalue weighted by molar-refractivity contribution is 5.51. The lowest BCUT2D eigenvalue weighted by molar-refractivity contribution is 0.0535. The summed E-state index contributed by atoms with van der Waals surface area (Å²) in [6.07, 6.45) is 15.2. The molecule has 3 atom stereocenters. The lowest BCUT2D eigenvalue weighted by atomic mass is 9.56. The summed E-state index contributed by atoms with van der Waals surface area (Å²) in [5.74, 6) is 0.847. The molecule has 1 spiro atoms. The fourth-order valence-corrected chi connectivity index (χ4v) is 5.53. The van der Waals surface area contributed by atoms with Crippen LogP contribution in [0.15, 0.2) is 72.8 Å². The summed E-state index contributed by atoms with van der Waals surface area (Å²) in [7, 11) is 0. The maximum absolute atomic E-state index is 6.42. The maximum Gasteiger partial charge on any atom is 0.0572 e. The highest BCUT2D eigenvalue weighted by Crippen LogP contribution is 2.51. The van der Waals surface area contributed by atoms with Gasteiger partial charge in [-0.3, -0.25) is 0 Å². The molecule has 0 amide bonds. The van der Waals surface area contributed by atoms with E-state index in [1.807, 2.05) is 0 Å². The van der Waals surface area contributed by atoms with E-state index < -0.39 is 0 Å². The number of ether oxygens (including phenoxy) is 1. The number of allylic oxidation sites excluding steroid dienone is 4. The Balaban J connectivity index is 1.59. The highest BCUT2D eigenvalue weighted by Gasteiger charge is 2.47. The Labute approximate surface area is 174 Å². The number of hydrogen-bond acceptors (Lipinski definition) is 2. The van der Waals surface area contributed by atoms with Gasteiger partial charge in [0.15, 0.2) is 0 Å². The van der Waals surface area contributed by atoms with Crippen LogP contribution in [0.2, 0.25) is 0 Å². The first-order valence-corrected chi connectivity index (χ1v) is 11.2. The van der Waals surface area contributed by atoms with Crippen LogP contribution in [0.25, 0.3) is 0 Å². The molecule has 150 valence electrons. The van der Waals surface area contributed by atoms with E-state index in [1.54, 1.807) is 0 Å². The summed E-state index contributed by atoms with van der Waals surface area (Å²) in [5, 5.41) is 3.60. The van der Waals surface area contributed by atoms with Crippen molar-refractivity contribution in [3.8, 4) is 0 Å². The Morgan fingerprint density at radius 1 is 0.862 bits per heavy atom. The zero-order chi connectivity index (χ0) is 19.5. The molecule has 1 N–H and O–H groups in total.